The van der Waals surface area contributed by atoms with Crippen LogP contribution in [-0.2, 0) is 4.79 Å². The van der Waals surface area contributed by atoms with E-state index < -0.39 is 0 Å². The van der Waals surface area contributed by atoms with E-state index in [9.17, 15) is 4.79 Å². The predicted octanol–water partition coefficient (Wildman–Crippen LogP) is 2.85. The zero-order valence-electron chi connectivity index (χ0n) is 13.1. The van der Waals surface area contributed by atoms with Crippen molar-refractivity contribution in [2.75, 3.05) is 6.54 Å². The molecule has 3 rings (SSSR count). The van der Waals surface area contributed by atoms with Crippen LogP contribution < -0.4 is 10.6 Å². The summed E-state index contributed by atoms with van der Waals surface area (Å²) in [7, 11) is 0. The highest BCUT2D eigenvalue weighted by Crippen LogP contribution is 2.51. The van der Waals surface area contributed by atoms with Crippen LogP contribution in [0.3, 0.4) is 0 Å². The minimum atomic E-state index is 0.0670. The average Bonchev–Trinajstić information content (AvgIpc) is 3.25. The summed E-state index contributed by atoms with van der Waals surface area (Å²) >= 11 is 0. The van der Waals surface area contributed by atoms with Gasteiger partial charge in [0.1, 0.15) is 0 Å². The smallest absolute Gasteiger partial charge is 0.237 e. The van der Waals surface area contributed by atoms with Gasteiger partial charge >= 0.3 is 0 Å². The van der Waals surface area contributed by atoms with Gasteiger partial charge in [0.15, 0.2) is 0 Å². The number of piperidine rings is 1. The summed E-state index contributed by atoms with van der Waals surface area (Å²) in [5.41, 5.74) is 0.414. The maximum atomic E-state index is 12.4. The molecule has 2 aliphatic carbocycles. The van der Waals surface area contributed by atoms with Crippen LogP contribution in [0.15, 0.2) is 0 Å². The Bertz CT molecular complexity index is 362. The van der Waals surface area contributed by atoms with Crippen molar-refractivity contribution in [3.05, 3.63) is 0 Å². The van der Waals surface area contributed by atoms with Gasteiger partial charge in [0, 0.05) is 12.6 Å². The van der Waals surface area contributed by atoms with Crippen molar-refractivity contribution in [1.82, 2.24) is 10.6 Å². The van der Waals surface area contributed by atoms with Crippen LogP contribution in [0.25, 0.3) is 0 Å². The lowest BCUT2D eigenvalue weighted by Gasteiger charge is -2.40. The zero-order valence-corrected chi connectivity index (χ0v) is 13.1. The van der Waals surface area contributed by atoms with Gasteiger partial charge in [0.25, 0.3) is 0 Å². The van der Waals surface area contributed by atoms with Crippen molar-refractivity contribution >= 4 is 5.91 Å². The van der Waals surface area contributed by atoms with Crippen molar-refractivity contribution in [3.8, 4) is 0 Å². The highest BCUT2D eigenvalue weighted by molar-refractivity contribution is 5.82. The van der Waals surface area contributed by atoms with E-state index in [-0.39, 0.29) is 11.9 Å². The molecule has 0 spiro atoms. The number of hydrogen-bond acceptors (Lipinski definition) is 2. The van der Waals surface area contributed by atoms with Gasteiger partial charge in [0.05, 0.1) is 6.04 Å². The first-order valence-corrected chi connectivity index (χ1v) is 8.64. The minimum Gasteiger partial charge on any atom is -0.354 e. The van der Waals surface area contributed by atoms with Crippen molar-refractivity contribution in [3.63, 3.8) is 0 Å². The number of carbonyl (C=O) groups excluding carboxylic acids is 1. The quantitative estimate of drug-likeness (QED) is 0.830. The van der Waals surface area contributed by atoms with E-state index in [0.29, 0.717) is 17.4 Å². The molecule has 0 aromatic carbocycles. The SMILES string of the molecule is CC(C)C1(CNC(=O)C2CCC3CCCCC3N2)CC1. The van der Waals surface area contributed by atoms with Crippen LogP contribution in [-0.4, -0.2) is 24.5 Å². The molecule has 3 unspecified atom stereocenters. The van der Waals surface area contributed by atoms with E-state index in [2.05, 4.69) is 24.5 Å². The minimum absolute atomic E-state index is 0.0670. The van der Waals surface area contributed by atoms with Crippen LogP contribution in [0.5, 0.6) is 0 Å². The van der Waals surface area contributed by atoms with Crippen LogP contribution in [0.1, 0.15) is 65.2 Å². The molecule has 3 atom stereocenters. The molecular weight excluding hydrogens is 248 g/mol. The van der Waals surface area contributed by atoms with Gasteiger partial charge in [-0.05, 0) is 55.8 Å². The molecule has 3 nitrogen and oxygen atoms in total. The second-order valence-corrected chi connectivity index (χ2v) is 7.68. The lowest BCUT2D eigenvalue weighted by Crippen LogP contribution is -2.55. The summed E-state index contributed by atoms with van der Waals surface area (Å²) in [6.45, 7) is 5.45. The maximum absolute atomic E-state index is 12.4. The summed E-state index contributed by atoms with van der Waals surface area (Å²) in [5.74, 6) is 1.77. The molecule has 114 valence electrons. The topological polar surface area (TPSA) is 41.1 Å². The molecule has 1 saturated heterocycles. The Kier molecular flexibility index (Phi) is 4.07. The van der Waals surface area contributed by atoms with Crippen molar-refractivity contribution in [1.29, 1.82) is 0 Å². The molecule has 0 aromatic rings. The molecule has 3 aliphatic rings. The second-order valence-electron chi connectivity index (χ2n) is 7.68. The Labute approximate surface area is 123 Å². The second kappa shape index (κ2) is 5.67. The van der Waals surface area contributed by atoms with Gasteiger partial charge in [-0.3, -0.25) is 4.79 Å². The summed E-state index contributed by atoms with van der Waals surface area (Å²) < 4.78 is 0. The molecule has 3 fully saturated rings. The van der Waals surface area contributed by atoms with E-state index in [1.165, 1.54) is 44.9 Å². The Morgan fingerprint density at radius 1 is 1.20 bits per heavy atom. The average molecular weight is 278 g/mol. The normalized spacial score (nSPS) is 35.5. The van der Waals surface area contributed by atoms with Gasteiger partial charge < -0.3 is 10.6 Å². The Hall–Kier alpha value is -0.570. The molecule has 3 heteroatoms. The summed E-state index contributed by atoms with van der Waals surface area (Å²) in [6.07, 6.45) is 10.2. The molecule has 0 aromatic heterocycles. The van der Waals surface area contributed by atoms with E-state index in [0.717, 1.165) is 18.9 Å². The largest absolute Gasteiger partial charge is 0.354 e. The number of fused-ring (bicyclic) bond motifs is 1. The fourth-order valence-corrected chi connectivity index (χ4v) is 4.21. The van der Waals surface area contributed by atoms with E-state index in [1.54, 1.807) is 0 Å². The van der Waals surface area contributed by atoms with Crippen LogP contribution in [0, 0.1) is 17.3 Å². The third kappa shape index (κ3) is 2.88. The number of nitrogens with one attached hydrogen (secondary N) is 2. The molecule has 0 radical (unpaired) electrons. The third-order valence-electron chi connectivity index (χ3n) is 6.20. The predicted molar refractivity (Wildman–Crippen MR) is 81.4 cm³/mol. The highest BCUT2D eigenvalue weighted by atomic mass is 16.2. The monoisotopic (exact) mass is 278 g/mol. The molecule has 1 aliphatic heterocycles. The van der Waals surface area contributed by atoms with Gasteiger partial charge in [-0.15, -0.1) is 0 Å². The fourth-order valence-electron chi connectivity index (χ4n) is 4.21. The molecule has 2 saturated carbocycles. The molecular formula is C17H30N2O. The van der Waals surface area contributed by atoms with Crippen molar-refractivity contribution < 1.29 is 4.79 Å². The summed E-state index contributed by atoms with van der Waals surface area (Å²) in [4.78, 5) is 12.4. The van der Waals surface area contributed by atoms with Gasteiger partial charge in [-0.2, -0.15) is 0 Å². The molecule has 20 heavy (non-hydrogen) atoms. The van der Waals surface area contributed by atoms with Crippen LogP contribution >= 0.6 is 0 Å². The lowest BCUT2D eigenvalue weighted by atomic mass is 9.77. The van der Waals surface area contributed by atoms with Crippen molar-refractivity contribution in [2.45, 2.75) is 77.3 Å². The number of carbonyl (C=O) groups is 1. The standard InChI is InChI=1S/C17H30N2O/c1-12(2)17(9-10-17)11-18-16(20)15-8-7-13-5-3-4-6-14(13)19-15/h12-15,19H,3-11H2,1-2H3,(H,18,20). The van der Waals surface area contributed by atoms with E-state index in [1.807, 2.05) is 0 Å². The molecule has 2 N–H and O–H groups in total. The first-order chi connectivity index (χ1) is 9.61. The van der Waals surface area contributed by atoms with E-state index >= 15 is 0 Å². The zero-order chi connectivity index (χ0) is 14.2. The first-order valence-electron chi connectivity index (χ1n) is 8.64. The Morgan fingerprint density at radius 3 is 2.65 bits per heavy atom. The third-order valence-corrected chi connectivity index (χ3v) is 6.20. The Balaban J connectivity index is 1.48. The molecule has 1 heterocycles. The van der Waals surface area contributed by atoms with Gasteiger partial charge in [0.2, 0.25) is 5.91 Å². The highest BCUT2D eigenvalue weighted by Gasteiger charge is 2.45. The fraction of sp³-hybridized carbons (Fsp3) is 0.941. The van der Waals surface area contributed by atoms with E-state index in [4.69, 9.17) is 0 Å². The number of rotatable bonds is 4. The summed E-state index contributed by atoms with van der Waals surface area (Å²) in [5, 5.41) is 6.86. The molecule has 1 amide bonds. The van der Waals surface area contributed by atoms with Crippen LogP contribution in [0.4, 0.5) is 0 Å². The maximum Gasteiger partial charge on any atom is 0.237 e. The number of amides is 1. The van der Waals surface area contributed by atoms with Gasteiger partial charge in [-0.25, -0.2) is 0 Å². The first kappa shape index (κ1) is 14.4. The van der Waals surface area contributed by atoms with Crippen molar-refractivity contribution in [2.24, 2.45) is 17.3 Å². The number of hydrogen-bond donors (Lipinski definition) is 2. The Morgan fingerprint density at radius 2 is 1.95 bits per heavy atom. The van der Waals surface area contributed by atoms with Crippen LogP contribution in [0.2, 0.25) is 0 Å². The molecule has 0 bridgehead atoms. The summed E-state index contributed by atoms with van der Waals surface area (Å²) in [6, 6.07) is 0.672. The van der Waals surface area contributed by atoms with Gasteiger partial charge in [-0.1, -0.05) is 26.7 Å². The lowest BCUT2D eigenvalue weighted by molar-refractivity contribution is -0.124.